The standard InChI is InChI=1S/C30H36N6O5S/c1-38-28-20-24(4-6-29(28)42(37)33-10-2-12-36-13-17-40-18-14-36)34-30-32-11-7-26(35-30)22-3-5-27(23(19-22)21-31)41-25-8-15-39-16-9-25/h3-7,11,19-20,25,33H,2,8-10,12-18H2,1H3,(H,32,34,35). The Labute approximate surface area is 248 Å². The molecular weight excluding hydrogens is 556 g/mol. The molecule has 12 heteroatoms. The van der Waals surface area contributed by atoms with Crippen LogP contribution in [0.25, 0.3) is 11.3 Å². The highest BCUT2D eigenvalue weighted by Gasteiger charge is 2.18. The monoisotopic (exact) mass is 592 g/mol. The van der Waals surface area contributed by atoms with Gasteiger partial charge in [0, 0.05) is 56.0 Å². The van der Waals surface area contributed by atoms with Crippen LogP contribution in [0.5, 0.6) is 11.5 Å². The van der Waals surface area contributed by atoms with E-state index < -0.39 is 11.0 Å². The van der Waals surface area contributed by atoms with Gasteiger partial charge >= 0.3 is 0 Å². The van der Waals surface area contributed by atoms with Crippen LogP contribution in [0.4, 0.5) is 11.6 Å². The molecule has 3 aromatic rings. The Balaban J connectivity index is 1.21. The van der Waals surface area contributed by atoms with E-state index in [1.165, 1.54) is 0 Å². The summed E-state index contributed by atoms with van der Waals surface area (Å²) in [5.41, 5.74) is 2.58. The van der Waals surface area contributed by atoms with Crippen molar-refractivity contribution in [2.45, 2.75) is 30.3 Å². The Hall–Kier alpha value is -3.60. The fraction of sp³-hybridized carbons (Fsp3) is 0.433. The van der Waals surface area contributed by atoms with Crippen molar-refractivity contribution in [3.63, 3.8) is 0 Å². The van der Waals surface area contributed by atoms with Crippen molar-refractivity contribution < 1.29 is 23.2 Å². The molecular formula is C30H36N6O5S. The molecule has 222 valence electrons. The van der Waals surface area contributed by atoms with Gasteiger partial charge in [0.2, 0.25) is 5.95 Å². The van der Waals surface area contributed by atoms with Crippen LogP contribution >= 0.6 is 0 Å². The number of nitriles is 1. The summed E-state index contributed by atoms with van der Waals surface area (Å²) in [6.45, 7) is 6.33. The molecule has 0 saturated carbocycles. The largest absolute Gasteiger partial charge is 0.495 e. The zero-order valence-electron chi connectivity index (χ0n) is 23.7. The first-order valence-electron chi connectivity index (χ1n) is 14.2. The maximum absolute atomic E-state index is 12.9. The highest BCUT2D eigenvalue weighted by atomic mass is 32.2. The molecule has 1 unspecified atom stereocenters. The van der Waals surface area contributed by atoms with Crippen molar-refractivity contribution in [1.82, 2.24) is 19.6 Å². The molecule has 0 amide bonds. The van der Waals surface area contributed by atoms with Crippen LogP contribution in [-0.2, 0) is 20.5 Å². The van der Waals surface area contributed by atoms with E-state index in [9.17, 15) is 9.47 Å². The zero-order valence-corrected chi connectivity index (χ0v) is 24.5. The number of methoxy groups -OCH3 is 1. The number of benzene rings is 2. The third kappa shape index (κ3) is 8.02. The third-order valence-corrected chi connectivity index (χ3v) is 8.32. The molecule has 0 aliphatic carbocycles. The average molecular weight is 593 g/mol. The minimum atomic E-state index is -1.41. The number of hydrogen-bond donors (Lipinski definition) is 2. The summed E-state index contributed by atoms with van der Waals surface area (Å²) in [6.07, 6.45) is 4.21. The van der Waals surface area contributed by atoms with Crippen molar-refractivity contribution in [2.24, 2.45) is 0 Å². The Morgan fingerprint density at radius 2 is 1.88 bits per heavy atom. The van der Waals surface area contributed by atoms with E-state index in [4.69, 9.17) is 18.9 Å². The number of nitrogens with zero attached hydrogens (tertiary/aromatic N) is 4. The summed E-state index contributed by atoms with van der Waals surface area (Å²) in [4.78, 5) is 11.9. The number of rotatable bonds is 12. The first kappa shape index (κ1) is 29.9. The first-order valence-corrected chi connectivity index (χ1v) is 15.3. The molecule has 1 atom stereocenters. The van der Waals surface area contributed by atoms with Crippen LogP contribution in [0.2, 0.25) is 0 Å². The van der Waals surface area contributed by atoms with Crippen molar-refractivity contribution >= 4 is 22.6 Å². The van der Waals surface area contributed by atoms with Gasteiger partial charge in [-0.05, 0) is 49.4 Å². The quantitative estimate of drug-likeness (QED) is 0.301. The summed E-state index contributed by atoms with van der Waals surface area (Å²) in [6, 6.07) is 14.9. The van der Waals surface area contributed by atoms with Gasteiger partial charge in [0.05, 0.1) is 49.7 Å². The van der Waals surface area contributed by atoms with Crippen LogP contribution in [0.1, 0.15) is 24.8 Å². The number of aromatic nitrogens is 2. The Kier molecular flexibility index (Phi) is 10.7. The topological polar surface area (TPSA) is 131 Å². The Morgan fingerprint density at radius 3 is 2.67 bits per heavy atom. The number of nitrogens with one attached hydrogen (secondary N) is 2. The molecule has 0 spiro atoms. The third-order valence-electron chi connectivity index (χ3n) is 7.12. The molecule has 2 aliphatic heterocycles. The fourth-order valence-electron chi connectivity index (χ4n) is 4.83. The van der Waals surface area contributed by atoms with Crippen LogP contribution in [0.15, 0.2) is 53.6 Å². The van der Waals surface area contributed by atoms with Crippen molar-refractivity contribution in [1.29, 1.82) is 5.26 Å². The summed E-state index contributed by atoms with van der Waals surface area (Å²) in [7, 11) is 0.140. The molecule has 2 aliphatic rings. The van der Waals surface area contributed by atoms with Crippen LogP contribution in [0, 0.1) is 11.3 Å². The molecule has 42 heavy (non-hydrogen) atoms. The van der Waals surface area contributed by atoms with Crippen molar-refractivity contribution in [3.05, 3.63) is 54.2 Å². The lowest BCUT2D eigenvalue weighted by atomic mass is 10.1. The number of morpholine rings is 1. The Morgan fingerprint density at radius 1 is 1.07 bits per heavy atom. The van der Waals surface area contributed by atoms with Crippen molar-refractivity contribution in [3.8, 4) is 28.8 Å². The Bertz CT molecular complexity index is 1410. The van der Waals surface area contributed by atoms with E-state index in [1.54, 1.807) is 37.6 Å². The lowest BCUT2D eigenvalue weighted by Gasteiger charge is -2.26. The number of hydrogen-bond acceptors (Lipinski definition) is 10. The molecule has 2 fully saturated rings. The summed E-state index contributed by atoms with van der Waals surface area (Å²) < 4.78 is 38.4. The van der Waals surface area contributed by atoms with E-state index >= 15 is 0 Å². The highest BCUT2D eigenvalue weighted by molar-refractivity contribution is 7.83. The molecule has 2 N–H and O–H groups in total. The van der Waals surface area contributed by atoms with E-state index in [0.29, 0.717) is 59.0 Å². The summed E-state index contributed by atoms with van der Waals surface area (Å²) >= 11 is 0. The van der Waals surface area contributed by atoms with Gasteiger partial charge in [0.15, 0.2) is 0 Å². The van der Waals surface area contributed by atoms with Gasteiger partial charge in [-0.2, -0.15) is 5.26 Å². The molecule has 5 rings (SSSR count). The van der Waals surface area contributed by atoms with Gasteiger partial charge in [0.25, 0.3) is 0 Å². The second kappa shape index (κ2) is 15.0. The average Bonchev–Trinajstić information content (AvgIpc) is 3.04. The second-order valence-electron chi connectivity index (χ2n) is 9.98. The maximum atomic E-state index is 12.9. The van der Waals surface area contributed by atoms with Gasteiger partial charge < -0.3 is 24.3 Å². The van der Waals surface area contributed by atoms with E-state index in [-0.39, 0.29) is 6.10 Å². The van der Waals surface area contributed by atoms with Crippen LogP contribution < -0.4 is 19.5 Å². The normalized spacial score (nSPS) is 16.9. The van der Waals surface area contributed by atoms with Gasteiger partial charge in [-0.1, -0.05) is 0 Å². The van der Waals surface area contributed by atoms with Crippen LogP contribution in [0.3, 0.4) is 0 Å². The molecule has 0 bridgehead atoms. The number of anilines is 2. The molecule has 2 aromatic carbocycles. The maximum Gasteiger partial charge on any atom is 0.227 e. The molecule has 2 saturated heterocycles. The molecule has 0 radical (unpaired) electrons. The highest BCUT2D eigenvalue weighted by Crippen LogP contribution is 2.30. The SMILES string of the molecule is COc1cc(Nc2nccc(-c3ccc(OC4CCOCC4)c(C#N)c3)n2)ccc1S(=O)NCCCN1CCOCC1. The van der Waals surface area contributed by atoms with Gasteiger partial charge in [-0.25, -0.2) is 18.9 Å². The molecule has 11 nitrogen and oxygen atoms in total. The minimum Gasteiger partial charge on any atom is -0.495 e. The lowest BCUT2D eigenvalue weighted by Crippen LogP contribution is -2.37. The molecule has 3 heterocycles. The minimum absolute atomic E-state index is 0.0449. The summed E-state index contributed by atoms with van der Waals surface area (Å²) in [5, 5.41) is 12.9. The molecule has 1 aromatic heterocycles. The zero-order chi connectivity index (χ0) is 29.1. The first-order chi connectivity index (χ1) is 20.6. The number of ether oxygens (including phenoxy) is 4. The van der Waals surface area contributed by atoms with Gasteiger partial charge in [-0.15, -0.1) is 0 Å². The van der Waals surface area contributed by atoms with Crippen molar-refractivity contribution in [2.75, 3.05) is 65.0 Å². The van der Waals surface area contributed by atoms with Gasteiger partial charge in [0.1, 0.15) is 34.7 Å². The second-order valence-corrected chi connectivity index (χ2v) is 11.2. The lowest BCUT2D eigenvalue weighted by molar-refractivity contribution is 0.0254. The van der Waals surface area contributed by atoms with Crippen LogP contribution in [-0.4, -0.2) is 84.9 Å². The predicted octanol–water partition coefficient (Wildman–Crippen LogP) is 3.66. The summed E-state index contributed by atoms with van der Waals surface area (Å²) in [5.74, 6) is 1.44. The smallest absolute Gasteiger partial charge is 0.227 e. The van der Waals surface area contributed by atoms with E-state index in [1.807, 2.05) is 18.2 Å². The predicted molar refractivity (Wildman–Crippen MR) is 159 cm³/mol. The fourth-order valence-corrected chi connectivity index (χ4v) is 5.83. The van der Waals surface area contributed by atoms with E-state index in [0.717, 1.165) is 57.7 Å². The van der Waals surface area contributed by atoms with E-state index in [2.05, 4.69) is 31.0 Å². The van der Waals surface area contributed by atoms with Gasteiger partial charge in [-0.3, -0.25) is 4.90 Å².